The standard InChI is InChI=1S/C57H110O6/c1-6-7-8-9-10-11-27-32-37-42-47-55(58)61-50-54(51-62-56(59)48-43-38-33-28-23-19-16-15-18-22-26-31-36-41-46-53(4)5)63-57(60)49-44-39-34-29-24-20-14-12-13-17-21-25-30-35-40-45-52(2)3/h52-54H,6-51H2,1-5H3/t54-/m0/s1. The van der Waals surface area contributed by atoms with Crippen LogP contribution in [0.25, 0.3) is 0 Å². The van der Waals surface area contributed by atoms with Gasteiger partial charge in [-0.3, -0.25) is 14.4 Å². The molecule has 0 saturated heterocycles. The largest absolute Gasteiger partial charge is 0.462 e. The first kappa shape index (κ1) is 61.4. The van der Waals surface area contributed by atoms with E-state index in [0.717, 1.165) is 69.6 Å². The number of hydrogen-bond donors (Lipinski definition) is 0. The molecule has 0 aromatic rings. The van der Waals surface area contributed by atoms with Crippen LogP contribution in [0.2, 0.25) is 0 Å². The summed E-state index contributed by atoms with van der Waals surface area (Å²) in [7, 11) is 0. The maximum atomic E-state index is 12.8. The minimum Gasteiger partial charge on any atom is -0.462 e. The molecule has 0 N–H and O–H groups in total. The minimum absolute atomic E-state index is 0.0628. The molecule has 374 valence electrons. The van der Waals surface area contributed by atoms with E-state index in [1.165, 1.54) is 205 Å². The molecule has 0 aromatic carbocycles. The Labute approximate surface area is 393 Å². The number of unbranched alkanes of at least 4 members (excludes halogenated alkanes) is 36. The fourth-order valence-electron chi connectivity index (χ4n) is 8.70. The van der Waals surface area contributed by atoms with Gasteiger partial charge < -0.3 is 14.2 Å². The number of hydrogen-bond acceptors (Lipinski definition) is 6. The third-order valence-corrected chi connectivity index (χ3v) is 13.0. The lowest BCUT2D eigenvalue weighted by Crippen LogP contribution is -2.30. The van der Waals surface area contributed by atoms with Gasteiger partial charge in [0.15, 0.2) is 6.10 Å². The lowest BCUT2D eigenvalue weighted by Gasteiger charge is -2.18. The van der Waals surface area contributed by atoms with Gasteiger partial charge in [0.1, 0.15) is 13.2 Å². The van der Waals surface area contributed by atoms with Crippen molar-refractivity contribution in [2.45, 2.75) is 323 Å². The Morgan fingerprint density at radius 3 is 0.778 bits per heavy atom. The van der Waals surface area contributed by atoms with Gasteiger partial charge in [-0.05, 0) is 31.1 Å². The molecule has 0 bridgehead atoms. The summed E-state index contributed by atoms with van der Waals surface area (Å²) in [5, 5.41) is 0. The third kappa shape index (κ3) is 51.3. The van der Waals surface area contributed by atoms with E-state index in [1.807, 2.05) is 0 Å². The predicted molar refractivity (Wildman–Crippen MR) is 270 cm³/mol. The van der Waals surface area contributed by atoms with Crippen LogP contribution >= 0.6 is 0 Å². The highest BCUT2D eigenvalue weighted by Gasteiger charge is 2.19. The van der Waals surface area contributed by atoms with Gasteiger partial charge in [-0.15, -0.1) is 0 Å². The molecule has 0 amide bonds. The highest BCUT2D eigenvalue weighted by atomic mass is 16.6. The molecule has 0 aliphatic carbocycles. The van der Waals surface area contributed by atoms with E-state index >= 15 is 0 Å². The summed E-state index contributed by atoms with van der Waals surface area (Å²) in [6.07, 6.45) is 52.4. The van der Waals surface area contributed by atoms with Crippen LogP contribution in [0.4, 0.5) is 0 Å². The average molecular weight is 892 g/mol. The lowest BCUT2D eigenvalue weighted by atomic mass is 10.0. The second-order valence-corrected chi connectivity index (χ2v) is 20.5. The Morgan fingerprint density at radius 2 is 0.524 bits per heavy atom. The average Bonchev–Trinajstić information content (AvgIpc) is 3.25. The molecule has 0 unspecified atom stereocenters. The van der Waals surface area contributed by atoms with Crippen molar-refractivity contribution in [3.63, 3.8) is 0 Å². The van der Waals surface area contributed by atoms with Gasteiger partial charge in [0.05, 0.1) is 0 Å². The van der Waals surface area contributed by atoms with Crippen LogP contribution in [0.5, 0.6) is 0 Å². The summed E-state index contributed by atoms with van der Waals surface area (Å²) in [5.41, 5.74) is 0. The summed E-state index contributed by atoms with van der Waals surface area (Å²) in [6.45, 7) is 11.4. The van der Waals surface area contributed by atoms with Crippen molar-refractivity contribution in [3.05, 3.63) is 0 Å². The van der Waals surface area contributed by atoms with Crippen molar-refractivity contribution < 1.29 is 28.6 Å². The SMILES string of the molecule is CCCCCCCCCCCCC(=O)OC[C@@H](COC(=O)CCCCCCCCCCCCCCCCC(C)C)OC(=O)CCCCCCCCCCCCCCCCCC(C)C. The molecule has 0 aromatic heterocycles. The Bertz CT molecular complexity index is 962. The van der Waals surface area contributed by atoms with Crippen molar-refractivity contribution >= 4 is 17.9 Å². The molecule has 6 heteroatoms. The third-order valence-electron chi connectivity index (χ3n) is 13.0. The van der Waals surface area contributed by atoms with E-state index in [0.29, 0.717) is 19.3 Å². The van der Waals surface area contributed by atoms with E-state index in [9.17, 15) is 14.4 Å². The Balaban J connectivity index is 4.25. The van der Waals surface area contributed by atoms with Gasteiger partial charge in [-0.2, -0.15) is 0 Å². The maximum Gasteiger partial charge on any atom is 0.306 e. The first-order valence-electron chi connectivity index (χ1n) is 28.2. The summed E-state index contributed by atoms with van der Waals surface area (Å²) in [4.78, 5) is 38.0. The monoisotopic (exact) mass is 891 g/mol. The first-order valence-corrected chi connectivity index (χ1v) is 28.2. The molecule has 0 aliphatic heterocycles. The predicted octanol–water partition coefficient (Wildman–Crippen LogP) is 18.5. The zero-order valence-electron chi connectivity index (χ0n) is 43.2. The molecule has 6 nitrogen and oxygen atoms in total. The molecule has 0 radical (unpaired) electrons. The lowest BCUT2D eigenvalue weighted by molar-refractivity contribution is -0.167. The molecule has 63 heavy (non-hydrogen) atoms. The van der Waals surface area contributed by atoms with E-state index in [1.54, 1.807) is 0 Å². The second kappa shape index (κ2) is 49.8. The van der Waals surface area contributed by atoms with Crippen molar-refractivity contribution in [2.24, 2.45) is 11.8 Å². The smallest absolute Gasteiger partial charge is 0.306 e. The van der Waals surface area contributed by atoms with Gasteiger partial charge in [-0.1, -0.05) is 279 Å². The molecule has 0 saturated carbocycles. The van der Waals surface area contributed by atoms with Crippen LogP contribution in [0.1, 0.15) is 317 Å². The Kier molecular flexibility index (Phi) is 48.6. The van der Waals surface area contributed by atoms with Crippen LogP contribution in [-0.2, 0) is 28.6 Å². The van der Waals surface area contributed by atoms with E-state index < -0.39 is 6.10 Å². The van der Waals surface area contributed by atoms with Gasteiger partial charge in [0, 0.05) is 19.3 Å². The first-order chi connectivity index (χ1) is 30.7. The van der Waals surface area contributed by atoms with Crippen LogP contribution in [0.15, 0.2) is 0 Å². The summed E-state index contributed by atoms with van der Waals surface area (Å²) in [6, 6.07) is 0. The van der Waals surface area contributed by atoms with Crippen molar-refractivity contribution in [2.75, 3.05) is 13.2 Å². The van der Waals surface area contributed by atoms with Crippen molar-refractivity contribution in [1.82, 2.24) is 0 Å². The molecular formula is C57H110O6. The summed E-state index contributed by atoms with van der Waals surface area (Å²) < 4.78 is 16.9. The zero-order chi connectivity index (χ0) is 46.1. The zero-order valence-corrected chi connectivity index (χ0v) is 43.2. The minimum atomic E-state index is -0.762. The van der Waals surface area contributed by atoms with E-state index in [-0.39, 0.29) is 31.1 Å². The fourth-order valence-corrected chi connectivity index (χ4v) is 8.70. The fraction of sp³-hybridized carbons (Fsp3) is 0.947. The molecule has 0 rings (SSSR count). The Morgan fingerprint density at radius 1 is 0.302 bits per heavy atom. The maximum absolute atomic E-state index is 12.8. The number of rotatable bonds is 51. The van der Waals surface area contributed by atoms with E-state index in [2.05, 4.69) is 34.6 Å². The summed E-state index contributed by atoms with van der Waals surface area (Å²) in [5.74, 6) is 0.851. The Hall–Kier alpha value is -1.59. The molecule has 1 atom stereocenters. The van der Waals surface area contributed by atoms with Crippen LogP contribution in [0, 0.1) is 11.8 Å². The molecule has 0 aliphatic rings. The number of carbonyl (C=O) groups excluding carboxylic acids is 3. The second-order valence-electron chi connectivity index (χ2n) is 20.5. The van der Waals surface area contributed by atoms with Gasteiger partial charge in [0.25, 0.3) is 0 Å². The van der Waals surface area contributed by atoms with E-state index in [4.69, 9.17) is 14.2 Å². The normalized spacial score (nSPS) is 12.0. The van der Waals surface area contributed by atoms with Crippen molar-refractivity contribution in [3.8, 4) is 0 Å². The van der Waals surface area contributed by atoms with Crippen LogP contribution < -0.4 is 0 Å². The van der Waals surface area contributed by atoms with Gasteiger partial charge in [-0.25, -0.2) is 0 Å². The summed E-state index contributed by atoms with van der Waals surface area (Å²) >= 11 is 0. The van der Waals surface area contributed by atoms with Crippen LogP contribution in [0.3, 0.4) is 0 Å². The number of carbonyl (C=O) groups is 3. The van der Waals surface area contributed by atoms with Crippen LogP contribution in [-0.4, -0.2) is 37.2 Å². The highest BCUT2D eigenvalue weighted by molar-refractivity contribution is 5.71. The van der Waals surface area contributed by atoms with Crippen molar-refractivity contribution in [1.29, 1.82) is 0 Å². The molecule has 0 fully saturated rings. The number of ether oxygens (including phenoxy) is 3. The molecule has 0 heterocycles. The molecule has 0 spiro atoms. The molecular weight excluding hydrogens is 781 g/mol. The van der Waals surface area contributed by atoms with Gasteiger partial charge >= 0.3 is 17.9 Å². The van der Waals surface area contributed by atoms with Gasteiger partial charge in [0.2, 0.25) is 0 Å². The highest BCUT2D eigenvalue weighted by Crippen LogP contribution is 2.18. The number of esters is 3. The quantitative estimate of drug-likeness (QED) is 0.0344. The topological polar surface area (TPSA) is 78.9 Å².